The van der Waals surface area contributed by atoms with Crippen molar-refractivity contribution in [2.24, 2.45) is 0 Å². The summed E-state index contributed by atoms with van der Waals surface area (Å²) in [5.41, 5.74) is 0.877. The van der Waals surface area contributed by atoms with E-state index in [1.54, 1.807) is 18.2 Å². The van der Waals surface area contributed by atoms with Gasteiger partial charge in [-0.15, -0.1) is 0 Å². The Morgan fingerprint density at radius 1 is 1.31 bits per heavy atom. The molecule has 13 heavy (non-hydrogen) atoms. The van der Waals surface area contributed by atoms with Crippen molar-refractivity contribution in [3.63, 3.8) is 0 Å². The second-order valence-electron chi connectivity index (χ2n) is 2.95. The van der Waals surface area contributed by atoms with Crippen molar-refractivity contribution < 1.29 is 9.52 Å². The first-order valence-electron chi connectivity index (χ1n) is 3.90. The molecule has 1 aromatic carbocycles. The highest BCUT2D eigenvalue weighted by Crippen LogP contribution is 2.24. The molecule has 0 bridgehead atoms. The zero-order chi connectivity index (χ0) is 9.42. The van der Waals surface area contributed by atoms with Crippen molar-refractivity contribution in [3.05, 3.63) is 40.2 Å². The number of phenols is 1. The first kappa shape index (κ1) is 7.86. The Labute approximate surface area is 74.2 Å². The van der Waals surface area contributed by atoms with Crippen molar-refractivity contribution in [2.75, 3.05) is 0 Å². The van der Waals surface area contributed by atoms with Crippen molar-refractivity contribution in [2.45, 2.75) is 6.92 Å². The van der Waals surface area contributed by atoms with Gasteiger partial charge in [-0.25, -0.2) is 4.79 Å². The highest BCUT2D eigenvalue weighted by atomic mass is 16.4. The fourth-order valence-corrected chi connectivity index (χ4v) is 1.29. The molecule has 0 aliphatic rings. The summed E-state index contributed by atoms with van der Waals surface area (Å²) in [6.07, 6.45) is 0. The third-order valence-corrected chi connectivity index (χ3v) is 1.86. The van der Waals surface area contributed by atoms with E-state index in [4.69, 9.17) is 4.42 Å². The van der Waals surface area contributed by atoms with Gasteiger partial charge < -0.3 is 9.52 Å². The Morgan fingerprint density at radius 2 is 2.08 bits per heavy atom. The van der Waals surface area contributed by atoms with Crippen LogP contribution in [0.1, 0.15) is 5.56 Å². The highest BCUT2D eigenvalue weighted by molar-refractivity contribution is 5.83. The van der Waals surface area contributed by atoms with E-state index >= 15 is 0 Å². The Hall–Kier alpha value is -1.77. The summed E-state index contributed by atoms with van der Waals surface area (Å²) < 4.78 is 4.91. The molecule has 1 aromatic heterocycles. The van der Waals surface area contributed by atoms with Crippen LogP contribution < -0.4 is 5.63 Å². The number of hydrogen-bond donors (Lipinski definition) is 1. The molecule has 0 spiro atoms. The maximum atomic E-state index is 10.9. The van der Waals surface area contributed by atoms with Crippen LogP contribution in [0, 0.1) is 6.92 Å². The summed E-state index contributed by atoms with van der Waals surface area (Å²) in [6.45, 7) is 1.83. The Bertz CT molecular complexity index is 511. The zero-order valence-corrected chi connectivity index (χ0v) is 7.07. The smallest absolute Gasteiger partial charge is 0.336 e. The van der Waals surface area contributed by atoms with Crippen molar-refractivity contribution in [3.8, 4) is 5.75 Å². The molecule has 0 radical (unpaired) electrons. The third-order valence-electron chi connectivity index (χ3n) is 1.86. The summed E-state index contributed by atoms with van der Waals surface area (Å²) in [6, 6.07) is 6.19. The van der Waals surface area contributed by atoms with Gasteiger partial charge in [-0.2, -0.15) is 0 Å². The number of aromatic hydroxyl groups is 1. The average molecular weight is 176 g/mol. The fraction of sp³-hybridized carbons (Fsp3) is 0.100. The van der Waals surface area contributed by atoms with Crippen LogP contribution in [0.3, 0.4) is 0 Å². The van der Waals surface area contributed by atoms with Crippen LogP contribution in [0.2, 0.25) is 0 Å². The number of fused-ring (bicyclic) bond motifs is 1. The van der Waals surface area contributed by atoms with Crippen LogP contribution in [0.25, 0.3) is 11.0 Å². The minimum atomic E-state index is -0.405. The SMILES string of the molecule is Cc1cc(O)c2ccc(=O)oc2c1. The summed E-state index contributed by atoms with van der Waals surface area (Å²) in [5.74, 6) is 0.138. The molecule has 0 atom stereocenters. The van der Waals surface area contributed by atoms with Gasteiger partial charge in [-0.1, -0.05) is 0 Å². The van der Waals surface area contributed by atoms with Gasteiger partial charge in [0.2, 0.25) is 0 Å². The fourth-order valence-electron chi connectivity index (χ4n) is 1.29. The molecule has 3 heteroatoms. The van der Waals surface area contributed by atoms with Gasteiger partial charge in [0, 0.05) is 6.07 Å². The zero-order valence-electron chi connectivity index (χ0n) is 7.07. The second-order valence-corrected chi connectivity index (χ2v) is 2.95. The predicted molar refractivity (Wildman–Crippen MR) is 48.9 cm³/mol. The van der Waals surface area contributed by atoms with E-state index in [-0.39, 0.29) is 5.75 Å². The number of rotatable bonds is 0. The standard InChI is InChI=1S/C10H8O3/c1-6-4-8(11)7-2-3-10(12)13-9(7)5-6/h2-5,11H,1H3. The van der Waals surface area contributed by atoms with Gasteiger partial charge in [-0.05, 0) is 30.7 Å². The Kier molecular flexibility index (Phi) is 1.59. The van der Waals surface area contributed by atoms with Crippen LogP contribution in [0.5, 0.6) is 5.75 Å². The number of phenolic OH excluding ortho intramolecular Hbond substituents is 1. The van der Waals surface area contributed by atoms with Crippen molar-refractivity contribution in [1.29, 1.82) is 0 Å². The van der Waals surface area contributed by atoms with Crippen molar-refractivity contribution in [1.82, 2.24) is 0 Å². The molecule has 2 rings (SSSR count). The topological polar surface area (TPSA) is 50.4 Å². The first-order valence-corrected chi connectivity index (χ1v) is 3.90. The number of benzene rings is 1. The lowest BCUT2D eigenvalue weighted by atomic mass is 10.1. The summed E-state index contributed by atoms with van der Waals surface area (Å²) in [4.78, 5) is 10.9. The number of hydrogen-bond acceptors (Lipinski definition) is 3. The van der Waals surface area contributed by atoms with E-state index in [0.29, 0.717) is 11.0 Å². The van der Waals surface area contributed by atoms with Crippen LogP contribution in [0.4, 0.5) is 0 Å². The van der Waals surface area contributed by atoms with Crippen LogP contribution in [-0.4, -0.2) is 5.11 Å². The molecular weight excluding hydrogens is 168 g/mol. The van der Waals surface area contributed by atoms with E-state index in [2.05, 4.69) is 0 Å². The first-order chi connectivity index (χ1) is 6.16. The molecule has 66 valence electrons. The summed E-state index contributed by atoms with van der Waals surface area (Å²) >= 11 is 0. The molecule has 0 fully saturated rings. The number of aryl methyl sites for hydroxylation is 1. The molecule has 3 nitrogen and oxygen atoms in total. The second kappa shape index (κ2) is 2.62. The molecule has 1 N–H and O–H groups in total. The minimum Gasteiger partial charge on any atom is -0.507 e. The monoisotopic (exact) mass is 176 g/mol. The Morgan fingerprint density at radius 3 is 2.85 bits per heavy atom. The van der Waals surface area contributed by atoms with E-state index in [1.165, 1.54) is 6.07 Å². The lowest BCUT2D eigenvalue weighted by molar-refractivity contribution is 0.478. The molecule has 0 aliphatic carbocycles. The van der Waals surface area contributed by atoms with E-state index in [1.807, 2.05) is 6.92 Å². The van der Waals surface area contributed by atoms with Gasteiger partial charge in [0.1, 0.15) is 11.3 Å². The van der Waals surface area contributed by atoms with E-state index < -0.39 is 5.63 Å². The predicted octanol–water partition coefficient (Wildman–Crippen LogP) is 1.81. The average Bonchev–Trinajstić information content (AvgIpc) is 2.02. The lowest BCUT2D eigenvalue weighted by Crippen LogP contribution is -1.94. The van der Waals surface area contributed by atoms with Crippen molar-refractivity contribution >= 4 is 11.0 Å². The summed E-state index contributed by atoms with van der Waals surface area (Å²) in [5, 5.41) is 10.0. The largest absolute Gasteiger partial charge is 0.507 e. The lowest BCUT2D eigenvalue weighted by Gasteiger charge is -2.00. The molecule has 0 unspecified atom stereocenters. The van der Waals surface area contributed by atoms with Gasteiger partial charge in [0.25, 0.3) is 0 Å². The van der Waals surface area contributed by atoms with Crippen LogP contribution >= 0.6 is 0 Å². The van der Waals surface area contributed by atoms with E-state index in [9.17, 15) is 9.90 Å². The third kappa shape index (κ3) is 1.28. The molecule has 0 saturated heterocycles. The molecule has 1 heterocycles. The van der Waals surface area contributed by atoms with Gasteiger partial charge in [-0.3, -0.25) is 0 Å². The molecular formula is C10H8O3. The minimum absolute atomic E-state index is 0.138. The van der Waals surface area contributed by atoms with Gasteiger partial charge in [0.05, 0.1) is 5.39 Å². The Balaban J connectivity index is 2.94. The van der Waals surface area contributed by atoms with E-state index in [0.717, 1.165) is 5.56 Å². The van der Waals surface area contributed by atoms with Gasteiger partial charge in [0.15, 0.2) is 0 Å². The van der Waals surface area contributed by atoms with Crippen LogP contribution in [0.15, 0.2) is 33.5 Å². The molecule has 0 saturated carbocycles. The molecule has 0 aliphatic heterocycles. The summed E-state index contributed by atoms with van der Waals surface area (Å²) in [7, 11) is 0. The van der Waals surface area contributed by atoms with Gasteiger partial charge >= 0.3 is 5.63 Å². The maximum absolute atomic E-state index is 10.9. The molecule has 2 aromatic rings. The van der Waals surface area contributed by atoms with Crippen LogP contribution in [-0.2, 0) is 0 Å². The normalized spacial score (nSPS) is 10.5. The highest BCUT2D eigenvalue weighted by Gasteiger charge is 2.02. The quantitative estimate of drug-likeness (QED) is 0.623. The maximum Gasteiger partial charge on any atom is 0.336 e. The molecule has 0 amide bonds.